The van der Waals surface area contributed by atoms with Crippen LogP contribution in [0.4, 0.5) is 4.79 Å². The second kappa shape index (κ2) is 6.95. The predicted octanol–water partition coefficient (Wildman–Crippen LogP) is 2.90. The van der Waals surface area contributed by atoms with Crippen LogP contribution in [-0.4, -0.2) is 23.2 Å². The number of nitrogens with one attached hydrogen (secondary N) is 2. The number of carbonyl (C=O) groups is 2. The summed E-state index contributed by atoms with van der Waals surface area (Å²) in [4.78, 5) is 24.5. The molecule has 0 bridgehead atoms. The van der Waals surface area contributed by atoms with Crippen molar-refractivity contribution in [3.05, 3.63) is 41.1 Å². The minimum absolute atomic E-state index is 0.0513. The zero-order valence-corrected chi connectivity index (χ0v) is 13.7. The number of esters is 1. The Morgan fingerprint density at radius 2 is 1.83 bits per heavy atom. The third kappa shape index (κ3) is 3.53. The van der Waals surface area contributed by atoms with Crippen LogP contribution in [0.3, 0.4) is 0 Å². The highest BCUT2D eigenvalue weighted by atomic mass is 16.5. The number of benzene rings is 1. The highest BCUT2D eigenvalue weighted by Crippen LogP contribution is 2.30. The van der Waals surface area contributed by atoms with Gasteiger partial charge in [-0.1, -0.05) is 18.6 Å². The molecule has 1 aliphatic carbocycles. The molecule has 1 heterocycles. The van der Waals surface area contributed by atoms with E-state index in [9.17, 15) is 14.7 Å². The van der Waals surface area contributed by atoms with E-state index in [0.29, 0.717) is 11.3 Å². The molecule has 6 heteroatoms. The maximum atomic E-state index is 12.7. The van der Waals surface area contributed by atoms with Crippen LogP contribution in [0.1, 0.15) is 50.6 Å². The van der Waals surface area contributed by atoms with E-state index in [-0.39, 0.29) is 17.9 Å². The summed E-state index contributed by atoms with van der Waals surface area (Å²) in [5.41, 5.74) is 1.63. The Morgan fingerprint density at radius 1 is 1.17 bits per heavy atom. The summed E-state index contributed by atoms with van der Waals surface area (Å²) < 4.78 is 5.67. The number of amides is 2. The van der Waals surface area contributed by atoms with Gasteiger partial charge in [-0.2, -0.15) is 0 Å². The molecule has 0 saturated heterocycles. The van der Waals surface area contributed by atoms with E-state index in [1.807, 2.05) is 0 Å². The topological polar surface area (TPSA) is 87.7 Å². The lowest BCUT2D eigenvalue weighted by Gasteiger charge is -2.30. The minimum Gasteiger partial charge on any atom is -0.508 e. The van der Waals surface area contributed by atoms with Crippen molar-refractivity contribution in [2.75, 3.05) is 0 Å². The fourth-order valence-corrected chi connectivity index (χ4v) is 3.28. The van der Waals surface area contributed by atoms with Crippen molar-refractivity contribution in [2.45, 2.75) is 51.2 Å². The van der Waals surface area contributed by atoms with Crippen LogP contribution in [0, 0.1) is 0 Å². The van der Waals surface area contributed by atoms with Crippen LogP contribution < -0.4 is 10.6 Å². The third-order valence-corrected chi connectivity index (χ3v) is 4.54. The van der Waals surface area contributed by atoms with Crippen LogP contribution in [0.25, 0.3) is 0 Å². The second-order valence-electron chi connectivity index (χ2n) is 6.33. The van der Waals surface area contributed by atoms with E-state index in [0.717, 1.165) is 31.2 Å². The van der Waals surface area contributed by atoms with Crippen molar-refractivity contribution in [2.24, 2.45) is 0 Å². The number of rotatable bonds is 3. The van der Waals surface area contributed by atoms with Crippen molar-refractivity contribution in [3.63, 3.8) is 0 Å². The molecule has 1 aromatic rings. The Labute approximate surface area is 140 Å². The Bertz CT molecular complexity index is 660. The molecular formula is C18H22N2O4. The number of carbonyl (C=O) groups excluding carboxylic acids is 2. The Hall–Kier alpha value is -2.50. The lowest BCUT2D eigenvalue weighted by Crippen LogP contribution is -2.45. The van der Waals surface area contributed by atoms with E-state index in [1.54, 1.807) is 19.1 Å². The van der Waals surface area contributed by atoms with E-state index < -0.39 is 12.0 Å². The van der Waals surface area contributed by atoms with Crippen molar-refractivity contribution >= 4 is 12.0 Å². The van der Waals surface area contributed by atoms with Crippen LogP contribution >= 0.6 is 0 Å². The van der Waals surface area contributed by atoms with Gasteiger partial charge in [-0.05, 0) is 50.3 Å². The maximum Gasteiger partial charge on any atom is 0.338 e. The molecule has 1 atom stereocenters. The summed E-state index contributed by atoms with van der Waals surface area (Å²) in [5.74, 6) is -0.268. The average molecular weight is 330 g/mol. The van der Waals surface area contributed by atoms with Gasteiger partial charge in [0.05, 0.1) is 11.6 Å². The Balaban J connectivity index is 1.85. The van der Waals surface area contributed by atoms with Crippen molar-refractivity contribution < 1.29 is 19.4 Å². The highest BCUT2D eigenvalue weighted by molar-refractivity contribution is 5.95. The number of hydrogen-bond acceptors (Lipinski definition) is 4. The number of hydrogen-bond donors (Lipinski definition) is 3. The lowest BCUT2D eigenvalue weighted by molar-refractivity contribution is -0.146. The minimum atomic E-state index is -0.588. The van der Waals surface area contributed by atoms with Gasteiger partial charge in [0.1, 0.15) is 11.9 Å². The number of ether oxygens (including phenoxy) is 1. The SMILES string of the molecule is CC1=C(C(=O)OC2CCCCC2)C(c2ccc(O)cc2)NC(=O)N1. The van der Waals surface area contributed by atoms with Crippen molar-refractivity contribution in [1.29, 1.82) is 0 Å². The molecule has 2 aliphatic rings. The van der Waals surface area contributed by atoms with Gasteiger partial charge in [-0.15, -0.1) is 0 Å². The van der Waals surface area contributed by atoms with Gasteiger partial charge in [0.2, 0.25) is 0 Å². The predicted molar refractivity (Wildman–Crippen MR) is 88.2 cm³/mol. The van der Waals surface area contributed by atoms with Gasteiger partial charge < -0.3 is 20.5 Å². The zero-order valence-electron chi connectivity index (χ0n) is 13.7. The normalized spacial score (nSPS) is 21.9. The largest absolute Gasteiger partial charge is 0.508 e. The number of aromatic hydroxyl groups is 1. The molecule has 24 heavy (non-hydrogen) atoms. The van der Waals surface area contributed by atoms with Gasteiger partial charge in [0.15, 0.2) is 0 Å². The van der Waals surface area contributed by atoms with Gasteiger partial charge in [-0.25, -0.2) is 9.59 Å². The van der Waals surface area contributed by atoms with Gasteiger partial charge >= 0.3 is 12.0 Å². The first-order chi connectivity index (χ1) is 11.5. The van der Waals surface area contributed by atoms with Crippen LogP contribution in [-0.2, 0) is 9.53 Å². The molecule has 0 aromatic heterocycles. The van der Waals surface area contributed by atoms with Gasteiger partial charge in [0.25, 0.3) is 0 Å². The number of allylic oxidation sites excluding steroid dienone is 1. The fourth-order valence-electron chi connectivity index (χ4n) is 3.28. The molecule has 1 fully saturated rings. The van der Waals surface area contributed by atoms with Crippen LogP contribution in [0.15, 0.2) is 35.5 Å². The molecule has 1 aliphatic heterocycles. The molecule has 1 unspecified atom stereocenters. The van der Waals surface area contributed by atoms with E-state index in [2.05, 4.69) is 10.6 Å². The number of phenols is 1. The summed E-state index contributed by atoms with van der Waals surface area (Å²) in [6.45, 7) is 1.70. The van der Waals surface area contributed by atoms with Crippen molar-refractivity contribution in [1.82, 2.24) is 10.6 Å². The first kappa shape index (κ1) is 16.4. The molecule has 2 amide bonds. The molecular weight excluding hydrogens is 308 g/mol. The molecule has 3 N–H and O–H groups in total. The van der Waals surface area contributed by atoms with Crippen LogP contribution in [0.5, 0.6) is 5.75 Å². The van der Waals surface area contributed by atoms with Crippen LogP contribution in [0.2, 0.25) is 0 Å². The molecule has 0 radical (unpaired) electrons. The average Bonchev–Trinajstić information content (AvgIpc) is 2.55. The smallest absolute Gasteiger partial charge is 0.338 e. The molecule has 6 nitrogen and oxygen atoms in total. The van der Waals surface area contributed by atoms with Gasteiger partial charge in [0, 0.05) is 5.70 Å². The monoisotopic (exact) mass is 330 g/mol. The summed E-state index contributed by atoms with van der Waals surface area (Å²) in [7, 11) is 0. The molecule has 1 aromatic carbocycles. The molecule has 1 saturated carbocycles. The molecule has 0 spiro atoms. The summed E-state index contributed by atoms with van der Waals surface area (Å²) in [6, 6.07) is 5.49. The zero-order chi connectivity index (χ0) is 17.1. The van der Waals surface area contributed by atoms with Crippen molar-refractivity contribution in [3.8, 4) is 5.75 Å². The first-order valence-corrected chi connectivity index (χ1v) is 8.33. The number of urea groups is 1. The molecule has 128 valence electrons. The lowest BCUT2D eigenvalue weighted by atomic mass is 9.94. The molecule has 3 rings (SSSR count). The van der Waals surface area contributed by atoms with E-state index in [4.69, 9.17) is 4.74 Å². The first-order valence-electron chi connectivity index (χ1n) is 8.33. The summed E-state index contributed by atoms with van der Waals surface area (Å²) >= 11 is 0. The van der Waals surface area contributed by atoms with Gasteiger partial charge in [-0.3, -0.25) is 0 Å². The Morgan fingerprint density at radius 3 is 2.50 bits per heavy atom. The highest BCUT2D eigenvalue weighted by Gasteiger charge is 2.33. The number of phenolic OH excluding ortho intramolecular Hbond substituents is 1. The van der Waals surface area contributed by atoms with E-state index >= 15 is 0 Å². The fraction of sp³-hybridized carbons (Fsp3) is 0.444. The quantitative estimate of drug-likeness (QED) is 0.744. The summed E-state index contributed by atoms with van der Waals surface area (Å²) in [6.07, 6.45) is 5.07. The second-order valence-corrected chi connectivity index (χ2v) is 6.33. The third-order valence-electron chi connectivity index (χ3n) is 4.54. The maximum absolute atomic E-state index is 12.7. The Kier molecular flexibility index (Phi) is 4.74. The standard InChI is InChI=1S/C18H22N2O4/c1-11-15(17(22)24-14-5-3-2-4-6-14)16(20-18(23)19-11)12-7-9-13(21)10-8-12/h7-10,14,16,21H,2-6H2,1H3,(H2,19,20,23). The summed E-state index contributed by atoms with van der Waals surface area (Å²) in [5, 5.41) is 14.8. The van der Waals surface area contributed by atoms with E-state index in [1.165, 1.54) is 18.6 Å².